The summed E-state index contributed by atoms with van der Waals surface area (Å²) in [6.07, 6.45) is 8.40. The molecule has 1 N–H and O–H groups in total. The van der Waals surface area contributed by atoms with E-state index in [-0.39, 0.29) is 6.04 Å². The number of carbonyl (C=O) groups is 1. The average molecular weight is 332 g/mol. The van der Waals surface area contributed by atoms with Crippen LogP contribution in [0.25, 0.3) is 5.52 Å². The fourth-order valence-corrected chi connectivity index (χ4v) is 3.65. The predicted molar refractivity (Wildman–Crippen MR) is 89.3 cm³/mol. The van der Waals surface area contributed by atoms with Crippen LogP contribution in [0.3, 0.4) is 0 Å². The molecule has 0 saturated heterocycles. The van der Waals surface area contributed by atoms with Crippen molar-refractivity contribution in [3.05, 3.63) is 30.1 Å². The largest absolute Gasteiger partial charge is 0.465 e. The molecule has 0 radical (unpaired) electrons. The number of methoxy groups -OCH3 is 1. The number of nitrogens with zero attached hydrogens (tertiary/aromatic N) is 4. The number of aromatic nitrogens is 3. The van der Waals surface area contributed by atoms with Crippen molar-refractivity contribution in [3.8, 4) is 0 Å². The van der Waals surface area contributed by atoms with Crippen molar-refractivity contribution in [2.24, 2.45) is 0 Å². The first-order chi connectivity index (χ1) is 11.6. The Morgan fingerprint density at radius 2 is 2.12 bits per heavy atom. The number of hydrogen-bond donors (Lipinski definition) is 1. The molecule has 0 spiro atoms. The van der Waals surface area contributed by atoms with Gasteiger partial charge in [0, 0.05) is 38.0 Å². The number of amides is 1. The first kappa shape index (κ1) is 16.7. The monoisotopic (exact) mass is 332 g/mol. The minimum absolute atomic E-state index is 0.0727. The summed E-state index contributed by atoms with van der Waals surface area (Å²) in [5.41, 5.74) is 2.02. The second-order valence-electron chi connectivity index (χ2n) is 6.36. The van der Waals surface area contributed by atoms with Crippen LogP contribution in [0.1, 0.15) is 43.1 Å². The van der Waals surface area contributed by atoms with Crippen LogP contribution in [0.15, 0.2) is 18.6 Å². The molecule has 1 saturated carbocycles. The maximum atomic E-state index is 11.5. The van der Waals surface area contributed by atoms with E-state index in [0.717, 1.165) is 42.7 Å². The second-order valence-corrected chi connectivity index (χ2v) is 6.36. The number of aryl methyl sites for hydroxylation is 1. The fraction of sp³-hybridized carbons (Fsp3) is 0.588. The molecule has 0 atom stereocenters. The van der Waals surface area contributed by atoms with Gasteiger partial charge in [0.15, 0.2) is 0 Å². The van der Waals surface area contributed by atoms with E-state index in [1.165, 1.54) is 4.90 Å². The normalized spacial score (nSPS) is 21.1. The van der Waals surface area contributed by atoms with Crippen LogP contribution in [0.4, 0.5) is 4.79 Å². The Morgan fingerprint density at radius 1 is 1.38 bits per heavy atom. The average Bonchev–Trinajstić information content (AvgIpc) is 3.01. The molecular formula is C17H24N4O3. The van der Waals surface area contributed by atoms with Gasteiger partial charge in [0.25, 0.3) is 0 Å². The van der Waals surface area contributed by atoms with Gasteiger partial charge >= 0.3 is 6.09 Å². The summed E-state index contributed by atoms with van der Waals surface area (Å²) in [6.45, 7) is 2.85. The number of fused-ring (bicyclic) bond motifs is 1. The summed E-state index contributed by atoms with van der Waals surface area (Å²) in [7, 11) is 1.59. The van der Waals surface area contributed by atoms with Crippen molar-refractivity contribution in [1.82, 2.24) is 19.3 Å². The molecule has 7 nitrogen and oxygen atoms in total. The number of ether oxygens (including phenoxy) is 1. The molecule has 24 heavy (non-hydrogen) atoms. The molecule has 1 aliphatic carbocycles. The standard InChI is InChI=1S/C17H24N4O3/c1-12-15-11-19-16(21(15)8-7-18-12)13-3-5-14(6-4-13)20(17(22)23)9-10-24-2/h7-8,11,13-14H,3-6,9-10H2,1-2H3,(H,22,23)/t13-,14-. The van der Waals surface area contributed by atoms with Gasteiger partial charge in [-0.2, -0.15) is 0 Å². The van der Waals surface area contributed by atoms with Gasteiger partial charge in [0.2, 0.25) is 0 Å². The smallest absolute Gasteiger partial charge is 0.407 e. The number of imidazole rings is 1. The molecule has 7 heteroatoms. The molecule has 130 valence electrons. The molecule has 0 aromatic carbocycles. The number of rotatable bonds is 5. The summed E-state index contributed by atoms with van der Waals surface area (Å²) in [5.74, 6) is 1.43. The summed E-state index contributed by atoms with van der Waals surface area (Å²) in [4.78, 5) is 21.9. The lowest BCUT2D eigenvalue weighted by atomic mass is 9.85. The Kier molecular flexibility index (Phi) is 4.99. The first-order valence-electron chi connectivity index (χ1n) is 8.39. The van der Waals surface area contributed by atoms with Crippen LogP contribution < -0.4 is 0 Å². The number of carboxylic acid groups (broad SMARTS) is 1. The van der Waals surface area contributed by atoms with Gasteiger partial charge in [0.05, 0.1) is 24.0 Å². The van der Waals surface area contributed by atoms with Gasteiger partial charge in [0.1, 0.15) is 5.82 Å². The molecule has 1 aliphatic rings. The Hall–Kier alpha value is -2.15. The van der Waals surface area contributed by atoms with Crippen molar-refractivity contribution in [1.29, 1.82) is 0 Å². The van der Waals surface area contributed by atoms with Crippen molar-refractivity contribution in [3.63, 3.8) is 0 Å². The Morgan fingerprint density at radius 3 is 2.79 bits per heavy atom. The lowest BCUT2D eigenvalue weighted by Gasteiger charge is -2.34. The third-order valence-corrected chi connectivity index (χ3v) is 4.96. The quantitative estimate of drug-likeness (QED) is 0.910. The van der Waals surface area contributed by atoms with Crippen molar-refractivity contribution >= 4 is 11.6 Å². The molecule has 1 amide bonds. The molecule has 0 bridgehead atoms. The summed E-state index contributed by atoms with van der Waals surface area (Å²) >= 11 is 0. The van der Waals surface area contributed by atoms with E-state index in [1.54, 1.807) is 13.3 Å². The van der Waals surface area contributed by atoms with E-state index in [9.17, 15) is 9.90 Å². The van der Waals surface area contributed by atoms with Gasteiger partial charge < -0.3 is 19.1 Å². The van der Waals surface area contributed by atoms with E-state index in [2.05, 4.69) is 14.4 Å². The molecule has 2 aromatic rings. The fourth-order valence-electron chi connectivity index (χ4n) is 3.65. The minimum atomic E-state index is -0.858. The van der Waals surface area contributed by atoms with Gasteiger partial charge in [-0.15, -0.1) is 0 Å². The van der Waals surface area contributed by atoms with E-state index in [0.29, 0.717) is 19.1 Å². The zero-order valence-electron chi connectivity index (χ0n) is 14.2. The maximum absolute atomic E-state index is 11.5. The van der Waals surface area contributed by atoms with Gasteiger partial charge in [-0.1, -0.05) is 0 Å². The molecular weight excluding hydrogens is 308 g/mol. The lowest BCUT2D eigenvalue weighted by Crippen LogP contribution is -2.43. The number of hydrogen-bond acceptors (Lipinski definition) is 4. The summed E-state index contributed by atoms with van der Waals surface area (Å²) < 4.78 is 7.15. The second kappa shape index (κ2) is 7.17. The van der Waals surface area contributed by atoms with Crippen LogP contribution in [-0.4, -0.2) is 56.8 Å². The highest BCUT2D eigenvalue weighted by Gasteiger charge is 2.30. The Labute approximate surface area is 141 Å². The van der Waals surface area contributed by atoms with Crippen LogP contribution in [0.5, 0.6) is 0 Å². The third kappa shape index (κ3) is 3.21. The Balaban J connectivity index is 1.70. The highest BCUT2D eigenvalue weighted by Crippen LogP contribution is 2.34. The third-order valence-electron chi connectivity index (χ3n) is 4.96. The van der Waals surface area contributed by atoms with E-state index >= 15 is 0 Å². The van der Waals surface area contributed by atoms with Crippen LogP contribution in [-0.2, 0) is 4.74 Å². The highest BCUT2D eigenvalue weighted by atomic mass is 16.5. The molecule has 0 unspecified atom stereocenters. The zero-order valence-corrected chi connectivity index (χ0v) is 14.2. The zero-order chi connectivity index (χ0) is 17.1. The topological polar surface area (TPSA) is 80.0 Å². The molecule has 1 fully saturated rings. The summed E-state index contributed by atoms with van der Waals surface area (Å²) in [5, 5.41) is 9.42. The van der Waals surface area contributed by atoms with Crippen LogP contribution >= 0.6 is 0 Å². The molecule has 3 rings (SSSR count). The highest BCUT2D eigenvalue weighted by molar-refractivity contribution is 5.65. The maximum Gasteiger partial charge on any atom is 0.407 e. The summed E-state index contributed by atoms with van der Waals surface area (Å²) in [6, 6.07) is 0.0727. The molecule has 0 aliphatic heterocycles. The van der Waals surface area contributed by atoms with Crippen molar-refractivity contribution in [2.45, 2.75) is 44.6 Å². The first-order valence-corrected chi connectivity index (χ1v) is 8.39. The SMILES string of the molecule is COCCN(C(=O)O)[C@H]1CC[C@H](c2ncc3c(C)nccn32)CC1. The lowest BCUT2D eigenvalue weighted by molar-refractivity contribution is 0.0842. The van der Waals surface area contributed by atoms with Gasteiger partial charge in [-0.25, -0.2) is 9.78 Å². The van der Waals surface area contributed by atoms with Crippen LogP contribution in [0, 0.1) is 6.92 Å². The van der Waals surface area contributed by atoms with E-state index in [1.807, 2.05) is 19.3 Å². The molecule has 2 aromatic heterocycles. The van der Waals surface area contributed by atoms with Crippen LogP contribution in [0.2, 0.25) is 0 Å². The minimum Gasteiger partial charge on any atom is -0.465 e. The predicted octanol–water partition coefficient (Wildman–Crippen LogP) is 2.69. The Bertz CT molecular complexity index is 707. The van der Waals surface area contributed by atoms with Gasteiger partial charge in [-0.05, 0) is 32.6 Å². The van der Waals surface area contributed by atoms with Crippen molar-refractivity contribution < 1.29 is 14.6 Å². The van der Waals surface area contributed by atoms with E-state index in [4.69, 9.17) is 4.74 Å². The van der Waals surface area contributed by atoms with Gasteiger partial charge in [-0.3, -0.25) is 4.98 Å². The van der Waals surface area contributed by atoms with E-state index < -0.39 is 6.09 Å². The molecule has 2 heterocycles. The van der Waals surface area contributed by atoms with Crippen molar-refractivity contribution in [2.75, 3.05) is 20.3 Å².